The normalized spacial score (nSPS) is 18.5. The van der Waals surface area contributed by atoms with Crippen molar-refractivity contribution in [2.75, 3.05) is 13.2 Å². The predicted octanol–water partition coefficient (Wildman–Crippen LogP) is 4.21. The van der Waals surface area contributed by atoms with Crippen LogP contribution in [0, 0.1) is 0 Å². The number of ether oxygens (including phenoxy) is 1. The number of carbonyl (C=O) groups excluding carboxylic acids is 2. The molecular weight excluding hydrogens is 352 g/mol. The van der Waals surface area contributed by atoms with E-state index < -0.39 is 0 Å². The lowest BCUT2D eigenvalue weighted by Crippen LogP contribution is -2.63. The predicted molar refractivity (Wildman–Crippen MR) is 113 cm³/mol. The minimum Gasteiger partial charge on any atom is -0.484 e. The Balaban J connectivity index is 2.06. The lowest BCUT2D eigenvalue weighted by Gasteiger charge is -2.49. The molecule has 0 aromatic heterocycles. The number of benzene rings is 1. The zero-order chi connectivity index (χ0) is 20.9. The van der Waals surface area contributed by atoms with Gasteiger partial charge < -0.3 is 15.0 Å². The summed E-state index contributed by atoms with van der Waals surface area (Å²) in [6, 6.07) is 7.16. The van der Waals surface area contributed by atoms with Crippen molar-refractivity contribution >= 4 is 11.7 Å². The average Bonchev–Trinajstić information content (AvgIpc) is 2.58. The van der Waals surface area contributed by atoms with Crippen molar-refractivity contribution in [1.82, 2.24) is 10.2 Å². The molecule has 1 N–H and O–H groups in total. The largest absolute Gasteiger partial charge is 0.484 e. The van der Waals surface area contributed by atoms with Gasteiger partial charge in [0.25, 0.3) is 5.91 Å². The fraction of sp³-hybridized carbons (Fsp3) is 0.652. The fourth-order valence-electron chi connectivity index (χ4n) is 4.34. The van der Waals surface area contributed by atoms with Gasteiger partial charge in [0.15, 0.2) is 12.4 Å². The highest BCUT2D eigenvalue weighted by molar-refractivity contribution is 5.94. The van der Waals surface area contributed by atoms with Crippen LogP contribution in [0.5, 0.6) is 5.75 Å². The topological polar surface area (TPSA) is 58.6 Å². The number of Topliss-reactive ketones (excluding diaryl/α,β-unsaturated/α-hetero) is 1. The molecule has 1 aliphatic heterocycles. The Hall–Kier alpha value is -1.88. The monoisotopic (exact) mass is 388 g/mol. The number of ketones is 1. The fourth-order valence-corrected chi connectivity index (χ4v) is 4.34. The molecule has 1 aromatic carbocycles. The SMILES string of the molecule is CCCCN(C(=O)COc1ccc(C(C)=O)cc1)C1CC(C)(C)NC(C)(C)C1. The van der Waals surface area contributed by atoms with E-state index >= 15 is 0 Å². The van der Waals surface area contributed by atoms with Gasteiger partial charge in [-0.2, -0.15) is 0 Å². The number of nitrogens with one attached hydrogen (secondary N) is 1. The Labute approximate surface area is 169 Å². The summed E-state index contributed by atoms with van der Waals surface area (Å²) < 4.78 is 5.74. The third kappa shape index (κ3) is 6.33. The molecule has 0 saturated carbocycles. The number of carbonyl (C=O) groups is 2. The van der Waals surface area contributed by atoms with Gasteiger partial charge in [0.2, 0.25) is 0 Å². The quantitative estimate of drug-likeness (QED) is 0.678. The second kappa shape index (κ2) is 9.08. The maximum absolute atomic E-state index is 13.0. The molecule has 0 radical (unpaired) electrons. The molecule has 1 aromatic rings. The standard InChI is InChI=1S/C23H36N2O3/c1-7-8-13-25(19-14-22(3,4)24-23(5,6)15-19)21(27)16-28-20-11-9-18(10-12-20)17(2)26/h9-12,19,24H,7-8,13-16H2,1-6H3. The molecule has 1 heterocycles. The van der Waals surface area contributed by atoms with E-state index in [-0.39, 0.29) is 35.4 Å². The maximum atomic E-state index is 13.0. The third-order valence-electron chi connectivity index (χ3n) is 5.31. The van der Waals surface area contributed by atoms with Crippen molar-refractivity contribution in [3.8, 4) is 5.75 Å². The minimum atomic E-state index is -0.0134. The Morgan fingerprint density at radius 1 is 1.11 bits per heavy atom. The zero-order valence-corrected chi connectivity index (χ0v) is 18.3. The van der Waals surface area contributed by atoms with Crippen molar-refractivity contribution < 1.29 is 14.3 Å². The third-order valence-corrected chi connectivity index (χ3v) is 5.31. The van der Waals surface area contributed by atoms with E-state index in [1.807, 2.05) is 4.90 Å². The van der Waals surface area contributed by atoms with Crippen molar-refractivity contribution in [2.45, 2.75) is 84.3 Å². The van der Waals surface area contributed by atoms with Gasteiger partial charge in [0.1, 0.15) is 5.75 Å². The molecule has 1 aliphatic rings. The van der Waals surface area contributed by atoms with Crippen LogP contribution in [0.1, 0.15) is 77.6 Å². The summed E-state index contributed by atoms with van der Waals surface area (Å²) in [4.78, 5) is 26.5. The van der Waals surface area contributed by atoms with Crippen LogP contribution >= 0.6 is 0 Å². The van der Waals surface area contributed by atoms with Crippen molar-refractivity contribution in [1.29, 1.82) is 0 Å². The molecule has 2 rings (SSSR count). The van der Waals surface area contributed by atoms with Gasteiger partial charge in [0.05, 0.1) is 0 Å². The van der Waals surface area contributed by atoms with Crippen LogP contribution in [0.25, 0.3) is 0 Å². The van der Waals surface area contributed by atoms with Gasteiger partial charge in [-0.25, -0.2) is 0 Å². The van der Waals surface area contributed by atoms with Crippen LogP contribution < -0.4 is 10.1 Å². The molecule has 0 atom stereocenters. The molecule has 1 saturated heterocycles. The molecule has 5 heteroatoms. The van der Waals surface area contributed by atoms with Gasteiger partial charge in [-0.1, -0.05) is 13.3 Å². The van der Waals surface area contributed by atoms with E-state index in [1.54, 1.807) is 24.3 Å². The van der Waals surface area contributed by atoms with Crippen molar-refractivity contribution in [3.63, 3.8) is 0 Å². The Bertz CT molecular complexity index is 664. The molecule has 0 bridgehead atoms. The van der Waals surface area contributed by atoms with Crippen LogP contribution in [-0.4, -0.2) is 46.9 Å². The number of unbranched alkanes of at least 4 members (excludes halogenated alkanes) is 1. The van der Waals surface area contributed by atoms with E-state index in [0.717, 1.165) is 32.2 Å². The first kappa shape index (κ1) is 22.4. The number of rotatable bonds is 8. The van der Waals surface area contributed by atoms with Gasteiger partial charge in [-0.05, 0) is 78.1 Å². The molecular formula is C23H36N2O3. The van der Waals surface area contributed by atoms with Crippen LogP contribution in [0.3, 0.4) is 0 Å². The molecule has 28 heavy (non-hydrogen) atoms. The second-order valence-electron chi connectivity index (χ2n) is 9.26. The lowest BCUT2D eigenvalue weighted by atomic mass is 9.79. The number of hydrogen-bond donors (Lipinski definition) is 1. The van der Waals surface area contributed by atoms with E-state index in [1.165, 1.54) is 6.92 Å². The highest BCUT2D eigenvalue weighted by Crippen LogP contribution is 2.32. The molecule has 0 unspecified atom stereocenters. The molecule has 5 nitrogen and oxygen atoms in total. The first-order chi connectivity index (χ1) is 13.0. The van der Waals surface area contributed by atoms with Crippen LogP contribution in [-0.2, 0) is 4.79 Å². The summed E-state index contributed by atoms with van der Waals surface area (Å²) >= 11 is 0. The zero-order valence-electron chi connectivity index (χ0n) is 18.3. The van der Waals surface area contributed by atoms with E-state index in [0.29, 0.717) is 11.3 Å². The van der Waals surface area contributed by atoms with Gasteiger partial charge >= 0.3 is 0 Å². The molecule has 1 fully saturated rings. The number of nitrogens with zero attached hydrogens (tertiary/aromatic N) is 1. The summed E-state index contributed by atoms with van der Waals surface area (Å²) in [5.41, 5.74) is 0.614. The van der Waals surface area contributed by atoms with Crippen LogP contribution in [0.15, 0.2) is 24.3 Å². The number of hydrogen-bond acceptors (Lipinski definition) is 4. The lowest BCUT2D eigenvalue weighted by molar-refractivity contribution is -0.137. The Kier molecular flexibility index (Phi) is 7.27. The molecule has 156 valence electrons. The Morgan fingerprint density at radius 2 is 1.68 bits per heavy atom. The van der Waals surface area contributed by atoms with Crippen LogP contribution in [0.4, 0.5) is 0 Å². The van der Waals surface area contributed by atoms with Gasteiger partial charge in [0, 0.05) is 29.2 Å². The first-order valence-electron chi connectivity index (χ1n) is 10.4. The van der Waals surface area contributed by atoms with E-state index in [9.17, 15) is 9.59 Å². The summed E-state index contributed by atoms with van der Waals surface area (Å²) in [5, 5.41) is 3.69. The average molecular weight is 389 g/mol. The smallest absolute Gasteiger partial charge is 0.260 e. The molecule has 0 spiro atoms. The highest BCUT2D eigenvalue weighted by atomic mass is 16.5. The maximum Gasteiger partial charge on any atom is 0.260 e. The highest BCUT2D eigenvalue weighted by Gasteiger charge is 2.41. The van der Waals surface area contributed by atoms with E-state index in [4.69, 9.17) is 4.74 Å². The van der Waals surface area contributed by atoms with Crippen LogP contribution in [0.2, 0.25) is 0 Å². The second-order valence-corrected chi connectivity index (χ2v) is 9.26. The summed E-state index contributed by atoms with van der Waals surface area (Å²) in [7, 11) is 0. The van der Waals surface area contributed by atoms with Crippen molar-refractivity contribution in [3.05, 3.63) is 29.8 Å². The summed E-state index contributed by atoms with van der Waals surface area (Å²) in [5.74, 6) is 0.659. The van der Waals surface area contributed by atoms with Gasteiger partial charge in [-0.15, -0.1) is 0 Å². The first-order valence-corrected chi connectivity index (χ1v) is 10.4. The number of amides is 1. The summed E-state index contributed by atoms with van der Waals surface area (Å²) in [6.45, 7) is 13.3. The molecule has 1 amide bonds. The van der Waals surface area contributed by atoms with Gasteiger partial charge in [-0.3, -0.25) is 9.59 Å². The summed E-state index contributed by atoms with van der Waals surface area (Å²) in [6.07, 6.45) is 3.90. The van der Waals surface area contributed by atoms with E-state index in [2.05, 4.69) is 39.9 Å². The van der Waals surface area contributed by atoms with Crippen molar-refractivity contribution in [2.24, 2.45) is 0 Å². The Morgan fingerprint density at radius 3 is 2.18 bits per heavy atom. The molecule has 0 aliphatic carbocycles. The number of piperidine rings is 1. The minimum absolute atomic E-state index is 0.0134.